The van der Waals surface area contributed by atoms with Crippen molar-refractivity contribution in [3.63, 3.8) is 0 Å². The summed E-state index contributed by atoms with van der Waals surface area (Å²) < 4.78 is 0. The fourth-order valence-electron chi connectivity index (χ4n) is 2.60. The van der Waals surface area contributed by atoms with E-state index in [1.807, 2.05) is 24.4 Å². The zero-order chi connectivity index (χ0) is 16.8. The van der Waals surface area contributed by atoms with Crippen LogP contribution in [-0.2, 0) is 6.42 Å². The predicted molar refractivity (Wildman–Crippen MR) is 97.3 cm³/mol. The van der Waals surface area contributed by atoms with Crippen molar-refractivity contribution < 1.29 is 4.79 Å². The van der Waals surface area contributed by atoms with Crippen molar-refractivity contribution in [2.45, 2.75) is 6.42 Å². The van der Waals surface area contributed by atoms with Gasteiger partial charge in [-0.2, -0.15) is 0 Å². The summed E-state index contributed by atoms with van der Waals surface area (Å²) in [4.78, 5) is 19.7. The molecule has 0 bridgehead atoms. The molecule has 3 aromatic rings. The molecule has 1 amide bonds. The van der Waals surface area contributed by atoms with Crippen molar-refractivity contribution in [1.82, 2.24) is 15.3 Å². The molecular formula is C19H20N4O. The first kappa shape index (κ1) is 15.8. The van der Waals surface area contributed by atoms with Gasteiger partial charge >= 0.3 is 0 Å². The van der Waals surface area contributed by atoms with Gasteiger partial charge in [-0.05, 0) is 30.2 Å². The number of aromatic amines is 1. The number of hydrogen-bond acceptors (Lipinski definition) is 3. The maximum absolute atomic E-state index is 12.3. The largest absolute Gasteiger partial charge is 0.367 e. The molecule has 3 rings (SSSR count). The van der Waals surface area contributed by atoms with E-state index >= 15 is 0 Å². The second-order valence-electron chi connectivity index (χ2n) is 5.46. The summed E-state index contributed by atoms with van der Waals surface area (Å²) in [6.45, 7) is 4.84. The molecule has 0 fully saturated rings. The number of rotatable bonds is 7. The number of anilines is 1. The predicted octanol–water partition coefficient (Wildman–Crippen LogP) is 3.13. The molecule has 2 aromatic heterocycles. The number of H-pyrrole nitrogens is 1. The fourth-order valence-corrected chi connectivity index (χ4v) is 2.60. The Kier molecular flexibility index (Phi) is 4.91. The SMILES string of the molecule is C=CCNc1cc(C(=O)NCCc2c[nH]c3ccccc23)ccn1. The molecule has 5 nitrogen and oxygen atoms in total. The Morgan fingerprint density at radius 2 is 2.17 bits per heavy atom. The van der Waals surface area contributed by atoms with E-state index in [1.54, 1.807) is 24.4 Å². The normalized spacial score (nSPS) is 10.5. The van der Waals surface area contributed by atoms with Crippen LogP contribution in [0.2, 0.25) is 0 Å². The van der Waals surface area contributed by atoms with E-state index in [4.69, 9.17) is 0 Å². The zero-order valence-electron chi connectivity index (χ0n) is 13.4. The number of nitrogens with one attached hydrogen (secondary N) is 3. The van der Waals surface area contributed by atoms with Gasteiger partial charge in [0.15, 0.2) is 0 Å². The van der Waals surface area contributed by atoms with Gasteiger partial charge in [-0.1, -0.05) is 24.3 Å². The number of fused-ring (bicyclic) bond motifs is 1. The van der Waals surface area contributed by atoms with Gasteiger partial charge < -0.3 is 15.6 Å². The van der Waals surface area contributed by atoms with Crippen LogP contribution >= 0.6 is 0 Å². The lowest BCUT2D eigenvalue weighted by molar-refractivity contribution is 0.0954. The van der Waals surface area contributed by atoms with Gasteiger partial charge in [-0.25, -0.2) is 4.98 Å². The number of nitrogens with zero attached hydrogens (tertiary/aromatic N) is 1. The van der Waals surface area contributed by atoms with Gasteiger partial charge in [0.05, 0.1) is 0 Å². The van der Waals surface area contributed by atoms with E-state index in [9.17, 15) is 4.79 Å². The maximum atomic E-state index is 12.3. The van der Waals surface area contributed by atoms with E-state index in [2.05, 4.69) is 33.2 Å². The summed E-state index contributed by atoms with van der Waals surface area (Å²) in [5.41, 5.74) is 2.91. The second kappa shape index (κ2) is 7.46. The number of carbonyl (C=O) groups excluding carboxylic acids is 1. The lowest BCUT2D eigenvalue weighted by Gasteiger charge is -2.07. The van der Waals surface area contributed by atoms with Gasteiger partial charge in [0.1, 0.15) is 5.82 Å². The maximum Gasteiger partial charge on any atom is 0.251 e. The summed E-state index contributed by atoms with van der Waals surface area (Å²) >= 11 is 0. The number of benzene rings is 1. The Morgan fingerprint density at radius 3 is 3.04 bits per heavy atom. The quantitative estimate of drug-likeness (QED) is 0.586. The van der Waals surface area contributed by atoms with E-state index in [1.165, 1.54) is 10.9 Å². The Balaban J connectivity index is 1.58. The van der Waals surface area contributed by atoms with Crippen LogP contribution in [-0.4, -0.2) is 29.0 Å². The Hall–Kier alpha value is -3.08. The van der Waals surface area contributed by atoms with Crippen LogP contribution in [0.4, 0.5) is 5.82 Å². The van der Waals surface area contributed by atoms with E-state index < -0.39 is 0 Å². The third-order valence-corrected chi connectivity index (χ3v) is 3.80. The molecule has 0 spiro atoms. The minimum absolute atomic E-state index is 0.0982. The molecule has 0 saturated heterocycles. The van der Waals surface area contributed by atoms with E-state index in [0.29, 0.717) is 24.5 Å². The van der Waals surface area contributed by atoms with Crippen molar-refractivity contribution in [2.75, 3.05) is 18.4 Å². The minimum atomic E-state index is -0.0982. The van der Waals surface area contributed by atoms with Gasteiger partial charge in [-0.3, -0.25) is 4.79 Å². The molecule has 0 radical (unpaired) electrons. The molecular weight excluding hydrogens is 300 g/mol. The topological polar surface area (TPSA) is 69.8 Å². The molecule has 0 aliphatic carbocycles. The highest BCUT2D eigenvalue weighted by Crippen LogP contribution is 2.17. The van der Waals surface area contributed by atoms with Crippen LogP contribution in [0.5, 0.6) is 0 Å². The molecule has 0 atom stereocenters. The van der Waals surface area contributed by atoms with Crippen molar-refractivity contribution in [2.24, 2.45) is 0 Å². The van der Waals surface area contributed by atoms with Gasteiger partial charge in [-0.15, -0.1) is 6.58 Å². The molecule has 5 heteroatoms. The highest BCUT2D eigenvalue weighted by Gasteiger charge is 2.07. The summed E-state index contributed by atoms with van der Waals surface area (Å²) in [6.07, 6.45) is 6.15. The molecule has 3 N–H and O–H groups in total. The number of carbonyl (C=O) groups is 1. The standard InChI is InChI=1S/C19H20N4O/c1-2-9-20-18-12-14(7-10-21-18)19(24)22-11-8-15-13-23-17-6-4-3-5-16(15)17/h2-7,10,12-13,23H,1,8-9,11H2,(H,20,21)(H,22,24). The van der Waals surface area contributed by atoms with Crippen molar-refractivity contribution in [1.29, 1.82) is 0 Å². The molecule has 0 aliphatic rings. The highest BCUT2D eigenvalue weighted by molar-refractivity contribution is 5.94. The molecule has 1 aromatic carbocycles. The smallest absolute Gasteiger partial charge is 0.251 e. The van der Waals surface area contributed by atoms with Crippen LogP contribution < -0.4 is 10.6 Å². The van der Waals surface area contributed by atoms with Crippen LogP contribution in [0.15, 0.2) is 61.4 Å². The van der Waals surface area contributed by atoms with Gasteiger partial charge in [0, 0.05) is 41.9 Å². The van der Waals surface area contributed by atoms with Crippen molar-refractivity contribution in [3.05, 3.63) is 72.6 Å². The number of para-hydroxylation sites is 1. The molecule has 2 heterocycles. The highest BCUT2D eigenvalue weighted by atomic mass is 16.1. The zero-order valence-corrected chi connectivity index (χ0v) is 13.4. The Bertz CT molecular complexity index is 853. The summed E-state index contributed by atoms with van der Waals surface area (Å²) in [5.74, 6) is 0.568. The van der Waals surface area contributed by atoms with Crippen LogP contribution in [0.25, 0.3) is 10.9 Å². The first-order valence-electron chi connectivity index (χ1n) is 7.92. The number of aromatic nitrogens is 2. The second-order valence-corrected chi connectivity index (χ2v) is 5.46. The minimum Gasteiger partial charge on any atom is -0.367 e. The van der Waals surface area contributed by atoms with Gasteiger partial charge in [0.2, 0.25) is 0 Å². The summed E-state index contributed by atoms with van der Waals surface area (Å²) in [7, 11) is 0. The summed E-state index contributed by atoms with van der Waals surface area (Å²) in [5, 5.41) is 7.23. The van der Waals surface area contributed by atoms with Crippen LogP contribution in [0.1, 0.15) is 15.9 Å². The lowest BCUT2D eigenvalue weighted by atomic mass is 10.1. The Labute approximate surface area is 140 Å². The average molecular weight is 320 g/mol. The molecule has 0 unspecified atom stereocenters. The van der Waals surface area contributed by atoms with Crippen molar-refractivity contribution >= 4 is 22.6 Å². The molecule has 0 aliphatic heterocycles. The first-order chi connectivity index (χ1) is 11.8. The van der Waals surface area contributed by atoms with E-state index in [-0.39, 0.29) is 5.91 Å². The number of hydrogen-bond donors (Lipinski definition) is 3. The monoisotopic (exact) mass is 320 g/mol. The first-order valence-corrected chi connectivity index (χ1v) is 7.92. The van der Waals surface area contributed by atoms with E-state index in [0.717, 1.165) is 11.9 Å². The average Bonchev–Trinajstić information content (AvgIpc) is 3.03. The van der Waals surface area contributed by atoms with Crippen LogP contribution in [0.3, 0.4) is 0 Å². The lowest BCUT2D eigenvalue weighted by Crippen LogP contribution is -2.25. The van der Waals surface area contributed by atoms with Crippen molar-refractivity contribution in [3.8, 4) is 0 Å². The number of amides is 1. The summed E-state index contributed by atoms with van der Waals surface area (Å²) in [6, 6.07) is 11.6. The molecule has 122 valence electrons. The third-order valence-electron chi connectivity index (χ3n) is 3.80. The van der Waals surface area contributed by atoms with Crippen LogP contribution in [0, 0.1) is 0 Å². The number of pyridine rings is 1. The third kappa shape index (κ3) is 3.63. The Morgan fingerprint density at radius 1 is 1.29 bits per heavy atom. The fraction of sp³-hybridized carbons (Fsp3) is 0.158. The molecule has 0 saturated carbocycles. The molecule has 24 heavy (non-hydrogen) atoms. The van der Waals surface area contributed by atoms with Gasteiger partial charge in [0.25, 0.3) is 5.91 Å².